The lowest BCUT2D eigenvalue weighted by Crippen LogP contribution is -2.51. The molecule has 0 spiro atoms. The van der Waals surface area contributed by atoms with Gasteiger partial charge >= 0.3 is 0 Å². The number of sulfonamides is 1. The fourth-order valence-electron chi connectivity index (χ4n) is 4.45. The molecule has 0 unspecified atom stereocenters. The van der Waals surface area contributed by atoms with Crippen molar-refractivity contribution in [3.8, 4) is 0 Å². The second-order valence-corrected chi connectivity index (χ2v) is 13.2. The fraction of sp³-hybridized carbons (Fsp3) is 0.355. The van der Waals surface area contributed by atoms with E-state index in [0.29, 0.717) is 11.6 Å². The molecule has 0 saturated heterocycles. The van der Waals surface area contributed by atoms with E-state index in [1.165, 1.54) is 23.1 Å². The Hall–Kier alpha value is -3.14. The molecule has 0 radical (unpaired) electrons. The summed E-state index contributed by atoms with van der Waals surface area (Å²) in [5.41, 5.74) is 1.31. The summed E-state index contributed by atoms with van der Waals surface area (Å²) in [7, 11) is -3.76. The highest BCUT2D eigenvalue weighted by molar-refractivity contribution is 7.92. The Kier molecular flexibility index (Phi) is 12.2. The zero-order valence-electron chi connectivity index (χ0n) is 23.9. The van der Waals surface area contributed by atoms with Crippen molar-refractivity contribution < 1.29 is 22.4 Å². The van der Waals surface area contributed by atoms with Crippen LogP contribution in [-0.2, 0) is 32.6 Å². The highest BCUT2D eigenvalue weighted by Gasteiger charge is 2.31. The molecular weight excluding hydrogens is 600 g/mol. The van der Waals surface area contributed by atoms with Crippen molar-refractivity contribution in [2.24, 2.45) is 5.92 Å². The minimum Gasteiger partial charge on any atom is -0.354 e. The van der Waals surface area contributed by atoms with Gasteiger partial charge in [0.2, 0.25) is 21.8 Å². The SMILES string of the molecule is CC(C)CNC(=O)[C@H](Cc1ccccc1)N(Cc1ccccc1F)C(=O)CCCN(c1cc(Cl)ccc1Cl)S(C)(=O)=O. The van der Waals surface area contributed by atoms with Crippen molar-refractivity contribution in [3.63, 3.8) is 0 Å². The van der Waals surface area contributed by atoms with Crippen LogP contribution in [0.1, 0.15) is 37.8 Å². The molecule has 0 bridgehead atoms. The molecule has 42 heavy (non-hydrogen) atoms. The highest BCUT2D eigenvalue weighted by Crippen LogP contribution is 2.31. The summed E-state index contributed by atoms with van der Waals surface area (Å²) in [6, 6.07) is 19.0. The van der Waals surface area contributed by atoms with Crippen LogP contribution in [0, 0.1) is 11.7 Å². The maximum Gasteiger partial charge on any atom is 0.243 e. The van der Waals surface area contributed by atoms with Gasteiger partial charge in [0.15, 0.2) is 0 Å². The van der Waals surface area contributed by atoms with Gasteiger partial charge in [-0.25, -0.2) is 12.8 Å². The lowest BCUT2D eigenvalue weighted by molar-refractivity contribution is -0.141. The molecule has 3 rings (SSSR count). The Labute approximate surface area is 257 Å². The Morgan fingerprint density at radius 3 is 2.29 bits per heavy atom. The van der Waals surface area contributed by atoms with Crippen LogP contribution in [-0.4, -0.2) is 50.5 Å². The molecule has 3 aromatic rings. The summed E-state index contributed by atoms with van der Waals surface area (Å²) in [6.45, 7) is 4.16. The summed E-state index contributed by atoms with van der Waals surface area (Å²) in [5.74, 6) is -1.07. The Balaban J connectivity index is 1.91. The third kappa shape index (κ3) is 9.71. The fourth-order valence-corrected chi connectivity index (χ4v) is 5.85. The minimum absolute atomic E-state index is 0.0545. The molecule has 0 aromatic heterocycles. The second-order valence-electron chi connectivity index (χ2n) is 10.5. The number of carbonyl (C=O) groups is 2. The van der Waals surface area contributed by atoms with E-state index in [1.807, 2.05) is 44.2 Å². The van der Waals surface area contributed by atoms with Gasteiger partial charge in [-0.3, -0.25) is 13.9 Å². The summed E-state index contributed by atoms with van der Waals surface area (Å²) in [5, 5.41) is 3.43. The average molecular weight is 637 g/mol. The van der Waals surface area contributed by atoms with Gasteiger partial charge < -0.3 is 10.2 Å². The minimum atomic E-state index is -3.76. The smallest absolute Gasteiger partial charge is 0.243 e. The number of rotatable bonds is 14. The number of hydrogen-bond donors (Lipinski definition) is 1. The van der Waals surface area contributed by atoms with Crippen molar-refractivity contribution in [3.05, 3.63) is 99.8 Å². The quantitative estimate of drug-likeness (QED) is 0.232. The molecule has 0 heterocycles. The van der Waals surface area contributed by atoms with E-state index in [4.69, 9.17) is 23.2 Å². The third-order valence-electron chi connectivity index (χ3n) is 6.58. The van der Waals surface area contributed by atoms with E-state index in [1.54, 1.807) is 24.3 Å². The van der Waals surface area contributed by atoms with Crippen LogP contribution in [0.25, 0.3) is 0 Å². The summed E-state index contributed by atoms with van der Waals surface area (Å²) in [4.78, 5) is 28.7. The normalized spacial score (nSPS) is 12.2. The molecule has 3 aromatic carbocycles. The zero-order valence-corrected chi connectivity index (χ0v) is 26.2. The van der Waals surface area contributed by atoms with E-state index in [0.717, 1.165) is 16.1 Å². The lowest BCUT2D eigenvalue weighted by atomic mass is 10.0. The maximum atomic E-state index is 14.8. The summed E-state index contributed by atoms with van der Waals surface area (Å²) >= 11 is 12.4. The molecule has 2 amide bonds. The maximum absolute atomic E-state index is 14.8. The molecule has 7 nitrogen and oxygen atoms in total. The number of carbonyl (C=O) groups excluding carboxylic acids is 2. The molecule has 226 valence electrons. The number of hydrogen-bond acceptors (Lipinski definition) is 4. The number of halogens is 3. The van der Waals surface area contributed by atoms with E-state index >= 15 is 0 Å². The molecule has 0 fully saturated rings. The monoisotopic (exact) mass is 635 g/mol. The Morgan fingerprint density at radius 1 is 0.976 bits per heavy atom. The van der Waals surface area contributed by atoms with Crippen LogP contribution in [0.15, 0.2) is 72.8 Å². The van der Waals surface area contributed by atoms with Crippen LogP contribution in [0.5, 0.6) is 0 Å². The first-order chi connectivity index (χ1) is 19.9. The van der Waals surface area contributed by atoms with Crippen LogP contribution in [0.3, 0.4) is 0 Å². The Morgan fingerprint density at radius 2 is 1.64 bits per heavy atom. The van der Waals surface area contributed by atoms with Gasteiger partial charge in [0.25, 0.3) is 0 Å². The van der Waals surface area contributed by atoms with Gasteiger partial charge in [0, 0.05) is 43.1 Å². The van der Waals surface area contributed by atoms with Crippen LogP contribution < -0.4 is 9.62 Å². The largest absolute Gasteiger partial charge is 0.354 e. The number of amides is 2. The van der Waals surface area contributed by atoms with Gasteiger partial charge in [-0.2, -0.15) is 0 Å². The van der Waals surface area contributed by atoms with Crippen molar-refractivity contribution in [2.45, 2.75) is 45.7 Å². The standard InChI is InChI=1S/C31H36Cl2FN3O4S/c1-22(2)20-35-31(39)29(18-23-10-5-4-6-11-23)36(21-24-12-7-8-13-27(24)34)30(38)14-9-17-37(42(3,40)41)28-19-25(32)15-16-26(28)33/h4-8,10-13,15-16,19,22,29H,9,14,17-18,20-21H2,1-3H3,(H,35,39)/t29-/m0/s1. The molecule has 0 aliphatic heterocycles. The molecule has 0 aliphatic carbocycles. The predicted molar refractivity (Wildman–Crippen MR) is 167 cm³/mol. The van der Waals surface area contributed by atoms with Gasteiger partial charge in [0.1, 0.15) is 11.9 Å². The van der Waals surface area contributed by atoms with Gasteiger partial charge in [-0.15, -0.1) is 0 Å². The van der Waals surface area contributed by atoms with E-state index < -0.39 is 27.8 Å². The average Bonchev–Trinajstić information content (AvgIpc) is 2.94. The van der Waals surface area contributed by atoms with E-state index in [2.05, 4.69) is 5.32 Å². The zero-order chi connectivity index (χ0) is 30.9. The molecule has 11 heteroatoms. The first kappa shape index (κ1) is 33.4. The number of benzene rings is 3. The number of nitrogens with zero attached hydrogens (tertiary/aromatic N) is 2. The molecule has 0 saturated carbocycles. The number of anilines is 1. The first-order valence-corrected chi connectivity index (χ1v) is 16.2. The predicted octanol–water partition coefficient (Wildman–Crippen LogP) is 6.09. The van der Waals surface area contributed by atoms with Crippen molar-refractivity contribution in [1.82, 2.24) is 10.2 Å². The topological polar surface area (TPSA) is 86.8 Å². The highest BCUT2D eigenvalue weighted by atomic mass is 35.5. The first-order valence-electron chi connectivity index (χ1n) is 13.6. The van der Waals surface area contributed by atoms with E-state index in [-0.39, 0.29) is 60.5 Å². The van der Waals surface area contributed by atoms with Crippen LogP contribution in [0.2, 0.25) is 10.0 Å². The molecule has 1 N–H and O–H groups in total. The van der Waals surface area contributed by atoms with Crippen LogP contribution in [0.4, 0.5) is 10.1 Å². The van der Waals surface area contributed by atoms with Gasteiger partial charge in [0.05, 0.1) is 17.0 Å². The van der Waals surface area contributed by atoms with Crippen molar-refractivity contribution >= 4 is 50.7 Å². The third-order valence-corrected chi connectivity index (χ3v) is 8.32. The summed E-state index contributed by atoms with van der Waals surface area (Å²) < 4.78 is 41.2. The van der Waals surface area contributed by atoms with Crippen molar-refractivity contribution in [2.75, 3.05) is 23.7 Å². The summed E-state index contributed by atoms with van der Waals surface area (Å²) in [6.07, 6.45) is 1.29. The molecular formula is C31H36Cl2FN3O4S. The van der Waals surface area contributed by atoms with Gasteiger partial charge in [-0.1, -0.05) is 85.6 Å². The van der Waals surface area contributed by atoms with E-state index in [9.17, 15) is 22.4 Å². The lowest BCUT2D eigenvalue weighted by Gasteiger charge is -2.32. The molecule has 1 atom stereocenters. The van der Waals surface area contributed by atoms with Crippen LogP contribution >= 0.6 is 23.2 Å². The molecule has 0 aliphatic rings. The number of nitrogens with one attached hydrogen (secondary N) is 1. The van der Waals surface area contributed by atoms with Crippen molar-refractivity contribution in [1.29, 1.82) is 0 Å². The van der Waals surface area contributed by atoms with Gasteiger partial charge in [-0.05, 0) is 42.2 Å². The Bertz CT molecular complexity index is 1470. The second kappa shape index (κ2) is 15.4.